The lowest BCUT2D eigenvalue weighted by atomic mass is 10.1. The van der Waals surface area contributed by atoms with Gasteiger partial charge in [-0.25, -0.2) is 4.39 Å². The van der Waals surface area contributed by atoms with Gasteiger partial charge in [0.25, 0.3) is 5.91 Å². The molecule has 1 fully saturated rings. The van der Waals surface area contributed by atoms with Crippen LogP contribution in [-0.2, 0) is 17.9 Å². The molecule has 0 saturated carbocycles. The van der Waals surface area contributed by atoms with Gasteiger partial charge in [0, 0.05) is 38.2 Å². The van der Waals surface area contributed by atoms with Crippen molar-refractivity contribution >= 4 is 11.8 Å². The van der Waals surface area contributed by atoms with Gasteiger partial charge in [-0.3, -0.25) is 9.59 Å². The Balaban J connectivity index is 1.73. The molecule has 0 radical (unpaired) electrons. The van der Waals surface area contributed by atoms with Crippen LogP contribution < -0.4 is 0 Å². The van der Waals surface area contributed by atoms with Gasteiger partial charge in [0.15, 0.2) is 0 Å². The van der Waals surface area contributed by atoms with Crippen LogP contribution in [0.5, 0.6) is 0 Å². The highest BCUT2D eigenvalue weighted by molar-refractivity contribution is 5.94. The summed E-state index contributed by atoms with van der Waals surface area (Å²) in [6.45, 7) is 4.11. The molecule has 2 aromatic rings. The van der Waals surface area contributed by atoms with Crippen molar-refractivity contribution in [1.29, 1.82) is 0 Å². The fourth-order valence-electron chi connectivity index (χ4n) is 3.26. The van der Waals surface area contributed by atoms with Crippen molar-refractivity contribution in [2.45, 2.75) is 32.9 Å². The summed E-state index contributed by atoms with van der Waals surface area (Å²) in [7, 11) is 0. The van der Waals surface area contributed by atoms with Gasteiger partial charge in [0.2, 0.25) is 5.91 Å². The molecule has 1 aliphatic rings. The molecule has 4 nitrogen and oxygen atoms in total. The molecule has 3 rings (SSSR count). The Kier molecular flexibility index (Phi) is 5.66. The van der Waals surface area contributed by atoms with Crippen molar-refractivity contribution < 1.29 is 14.0 Å². The molecule has 0 N–H and O–H groups in total. The maximum atomic E-state index is 13.4. The van der Waals surface area contributed by atoms with Crippen LogP contribution in [0.4, 0.5) is 4.39 Å². The number of halogens is 1. The van der Waals surface area contributed by atoms with Gasteiger partial charge in [-0.1, -0.05) is 24.3 Å². The maximum Gasteiger partial charge on any atom is 0.254 e. The van der Waals surface area contributed by atoms with Gasteiger partial charge in [0.1, 0.15) is 5.82 Å². The molecule has 1 saturated heterocycles. The lowest BCUT2D eigenvalue weighted by Crippen LogP contribution is -2.30. The van der Waals surface area contributed by atoms with E-state index in [9.17, 15) is 14.0 Å². The summed E-state index contributed by atoms with van der Waals surface area (Å²) in [6, 6.07) is 13.7. The first-order valence-corrected chi connectivity index (χ1v) is 8.97. The molecule has 2 aromatic carbocycles. The quantitative estimate of drug-likeness (QED) is 0.795. The second-order valence-electron chi connectivity index (χ2n) is 6.57. The molecule has 0 unspecified atom stereocenters. The first kappa shape index (κ1) is 18.1. The molecule has 5 heteroatoms. The zero-order valence-electron chi connectivity index (χ0n) is 15.0. The lowest BCUT2D eigenvalue weighted by molar-refractivity contribution is -0.128. The van der Waals surface area contributed by atoms with Crippen LogP contribution in [-0.4, -0.2) is 34.7 Å². The predicted molar refractivity (Wildman–Crippen MR) is 97.9 cm³/mol. The summed E-state index contributed by atoms with van der Waals surface area (Å²) in [5.74, 6) is -0.224. The highest BCUT2D eigenvalue weighted by Gasteiger charge is 2.21. The molecular weight excluding hydrogens is 331 g/mol. The molecule has 26 heavy (non-hydrogen) atoms. The van der Waals surface area contributed by atoms with Gasteiger partial charge in [0.05, 0.1) is 0 Å². The summed E-state index contributed by atoms with van der Waals surface area (Å²) in [4.78, 5) is 28.2. The van der Waals surface area contributed by atoms with Gasteiger partial charge in [-0.2, -0.15) is 0 Å². The monoisotopic (exact) mass is 354 g/mol. The van der Waals surface area contributed by atoms with E-state index in [1.54, 1.807) is 17.0 Å². The molecule has 1 heterocycles. The van der Waals surface area contributed by atoms with Crippen LogP contribution in [0.15, 0.2) is 48.5 Å². The zero-order valence-corrected chi connectivity index (χ0v) is 15.0. The lowest BCUT2D eigenvalue weighted by Gasteiger charge is -2.22. The number of likely N-dealkylation sites (tertiary alicyclic amines) is 1. The third-order valence-corrected chi connectivity index (χ3v) is 4.65. The van der Waals surface area contributed by atoms with Gasteiger partial charge >= 0.3 is 0 Å². The fourth-order valence-corrected chi connectivity index (χ4v) is 3.26. The van der Waals surface area contributed by atoms with E-state index < -0.39 is 0 Å². The summed E-state index contributed by atoms with van der Waals surface area (Å²) in [5.41, 5.74) is 2.30. The van der Waals surface area contributed by atoms with Crippen molar-refractivity contribution in [3.8, 4) is 0 Å². The van der Waals surface area contributed by atoms with Crippen molar-refractivity contribution in [2.75, 3.05) is 13.1 Å². The molecular formula is C21H23FN2O2. The SMILES string of the molecule is CCN(Cc1cccc(F)c1)C(=O)c1cccc(CN2CCCC2=O)c1. The minimum Gasteiger partial charge on any atom is -0.338 e. The van der Waals surface area contributed by atoms with E-state index in [0.717, 1.165) is 24.1 Å². The van der Waals surface area contributed by atoms with Gasteiger partial charge in [-0.15, -0.1) is 0 Å². The highest BCUT2D eigenvalue weighted by Crippen LogP contribution is 2.17. The average Bonchev–Trinajstić information content (AvgIpc) is 3.04. The summed E-state index contributed by atoms with van der Waals surface area (Å²) >= 11 is 0. The van der Waals surface area contributed by atoms with Crippen LogP contribution in [0.3, 0.4) is 0 Å². The summed E-state index contributed by atoms with van der Waals surface area (Å²) < 4.78 is 13.4. The number of rotatable bonds is 6. The Morgan fingerprint density at radius 1 is 1.15 bits per heavy atom. The second-order valence-corrected chi connectivity index (χ2v) is 6.57. The molecule has 0 aromatic heterocycles. The Hall–Kier alpha value is -2.69. The third kappa shape index (κ3) is 4.28. The van der Waals surface area contributed by atoms with Crippen molar-refractivity contribution in [1.82, 2.24) is 9.80 Å². The summed E-state index contributed by atoms with van der Waals surface area (Å²) in [5, 5.41) is 0. The standard InChI is InChI=1S/C21H23FN2O2/c1-2-23(14-17-7-4-9-19(22)13-17)21(26)18-8-3-6-16(12-18)15-24-11-5-10-20(24)25/h3-4,6-9,12-13H,2,5,10-11,14-15H2,1H3. The molecule has 0 aliphatic carbocycles. The van der Waals surface area contributed by atoms with Crippen molar-refractivity contribution in [2.24, 2.45) is 0 Å². The van der Waals surface area contributed by atoms with E-state index >= 15 is 0 Å². The zero-order chi connectivity index (χ0) is 18.5. The molecule has 0 bridgehead atoms. The van der Waals surface area contributed by atoms with E-state index in [2.05, 4.69) is 0 Å². The first-order valence-electron chi connectivity index (χ1n) is 8.97. The molecule has 2 amide bonds. The number of nitrogens with zero attached hydrogens (tertiary/aromatic N) is 2. The number of amides is 2. The number of benzene rings is 2. The minimum absolute atomic E-state index is 0.0913. The van der Waals surface area contributed by atoms with E-state index in [4.69, 9.17) is 0 Å². The van der Waals surface area contributed by atoms with Crippen LogP contribution in [0.2, 0.25) is 0 Å². The summed E-state index contributed by atoms with van der Waals surface area (Å²) in [6.07, 6.45) is 1.50. The van der Waals surface area contributed by atoms with Gasteiger partial charge < -0.3 is 9.80 Å². The second kappa shape index (κ2) is 8.13. The van der Waals surface area contributed by atoms with Crippen LogP contribution in [0.25, 0.3) is 0 Å². The maximum absolute atomic E-state index is 13.4. The van der Waals surface area contributed by atoms with E-state index in [1.807, 2.05) is 36.1 Å². The topological polar surface area (TPSA) is 40.6 Å². The molecule has 136 valence electrons. The largest absolute Gasteiger partial charge is 0.338 e. The van der Waals surface area contributed by atoms with Gasteiger partial charge in [-0.05, 0) is 48.7 Å². The number of hydrogen-bond donors (Lipinski definition) is 0. The Morgan fingerprint density at radius 2 is 1.92 bits per heavy atom. The average molecular weight is 354 g/mol. The predicted octanol–water partition coefficient (Wildman–Crippen LogP) is 3.61. The molecule has 0 atom stereocenters. The van der Waals surface area contributed by atoms with Crippen LogP contribution in [0.1, 0.15) is 41.3 Å². The number of carbonyl (C=O) groups is 2. The minimum atomic E-state index is -0.303. The Morgan fingerprint density at radius 3 is 2.62 bits per heavy atom. The Labute approximate surface area is 153 Å². The van der Waals surface area contributed by atoms with Crippen LogP contribution in [0, 0.1) is 5.82 Å². The van der Waals surface area contributed by atoms with Crippen LogP contribution >= 0.6 is 0 Å². The normalized spacial score (nSPS) is 13.9. The number of hydrogen-bond acceptors (Lipinski definition) is 2. The van der Waals surface area contributed by atoms with E-state index in [0.29, 0.717) is 31.6 Å². The number of carbonyl (C=O) groups excluding carboxylic acids is 2. The van der Waals surface area contributed by atoms with Crippen molar-refractivity contribution in [3.63, 3.8) is 0 Å². The molecule has 1 aliphatic heterocycles. The van der Waals surface area contributed by atoms with E-state index in [1.165, 1.54) is 12.1 Å². The first-order chi connectivity index (χ1) is 12.6. The molecule has 0 spiro atoms. The van der Waals surface area contributed by atoms with E-state index in [-0.39, 0.29) is 17.6 Å². The Bertz CT molecular complexity index is 806. The third-order valence-electron chi connectivity index (χ3n) is 4.65. The highest BCUT2D eigenvalue weighted by atomic mass is 19.1. The fraction of sp³-hybridized carbons (Fsp3) is 0.333. The smallest absolute Gasteiger partial charge is 0.254 e. The van der Waals surface area contributed by atoms with Crippen molar-refractivity contribution in [3.05, 3.63) is 71.0 Å².